The molecule has 194 valence electrons. The number of anilines is 1. The lowest BCUT2D eigenvalue weighted by atomic mass is 9.82. The van der Waals surface area contributed by atoms with Gasteiger partial charge in [0.05, 0.1) is 11.4 Å². The van der Waals surface area contributed by atoms with E-state index in [1.807, 2.05) is 48.5 Å². The van der Waals surface area contributed by atoms with Crippen LogP contribution < -0.4 is 5.32 Å². The lowest BCUT2D eigenvalue weighted by molar-refractivity contribution is 0.302. The summed E-state index contributed by atoms with van der Waals surface area (Å²) in [6.45, 7) is 30.8. The Balaban J connectivity index is -0.000000251. The fourth-order valence-corrected chi connectivity index (χ4v) is 3.21. The minimum absolute atomic E-state index is 0.108. The van der Waals surface area contributed by atoms with Gasteiger partial charge in [0.25, 0.3) is 0 Å². The molecule has 0 aliphatic heterocycles. The molecule has 1 aromatic rings. The Hall–Kier alpha value is -1.68. The van der Waals surface area contributed by atoms with Crippen molar-refractivity contribution in [3.8, 4) is 0 Å². The van der Waals surface area contributed by atoms with E-state index in [0.29, 0.717) is 17.2 Å². The number of rotatable bonds is 6. The van der Waals surface area contributed by atoms with Crippen molar-refractivity contribution in [3.63, 3.8) is 0 Å². The van der Waals surface area contributed by atoms with Gasteiger partial charge < -0.3 is 10.7 Å². The van der Waals surface area contributed by atoms with E-state index in [4.69, 9.17) is 17.0 Å². The van der Waals surface area contributed by atoms with Gasteiger partial charge in [-0.25, -0.2) is 9.97 Å². The normalized spacial score (nSPS) is 10.8. The van der Waals surface area contributed by atoms with E-state index in [1.165, 1.54) is 5.57 Å². The molecule has 0 aliphatic rings. The second kappa shape index (κ2) is 22.1. The smallest absolute Gasteiger partial charge is 0.224 e. The van der Waals surface area contributed by atoms with Gasteiger partial charge >= 0.3 is 0 Å². The summed E-state index contributed by atoms with van der Waals surface area (Å²) >= 11 is 5.90. The van der Waals surface area contributed by atoms with Gasteiger partial charge in [-0.05, 0) is 64.5 Å². The number of nitrogens with one attached hydrogen (secondary N) is 2. The van der Waals surface area contributed by atoms with E-state index in [9.17, 15) is 0 Å². The molecular weight excluding hydrogens is 428 g/mol. The zero-order valence-corrected chi connectivity index (χ0v) is 25.3. The summed E-state index contributed by atoms with van der Waals surface area (Å²) in [6, 6.07) is 1.76. The SMILES string of the molecule is C/C=C\C(=C/C)CC.CC.CC.CC.CC(=N)c1cc(NC(C)(C)CC(C)(C)C)nc(Cl)n1. The molecule has 0 unspecified atom stereocenters. The Morgan fingerprint density at radius 1 is 1.00 bits per heavy atom. The van der Waals surface area contributed by atoms with Crippen molar-refractivity contribution < 1.29 is 0 Å². The van der Waals surface area contributed by atoms with Crippen LogP contribution in [0.5, 0.6) is 0 Å². The Labute approximate surface area is 212 Å². The third-order valence-electron chi connectivity index (χ3n) is 3.68. The first-order valence-corrected chi connectivity index (χ1v) is 12.9. The summed E-state index contributed by atoms with van der Waals surface area (Å²) in [5.41, 5.74) is 2.44. The van der Waals surface area contributed by atoms with E-state index >= 15 is 0 Å². The third-order valence-corrected chi connectivity index (χ3v) is 3.85. The molecule has 0 spiro atoms. The Kier molecular flexibility index (Phi) is 25.9. The van der Waals surface area contributed by atoms with E-state index in [0.717, 1.165) is 12.8 Å². The van der Waals surface area contributed by atoms with Crippen LogP contribution in [0.25, 0.3) is 0 Å². The third kappa shape index (κ3) is 23.3. The highest BCUT2D eigenvalue weighted by atomic mass is 35.5. The van der Waals surface area contributed by atoms with Gasteiger partial charge in [-0.3, -0.25) is 0 Å². The van der Waals surface area contributed by atoms with Crippen LogP contribution >= 0.6 is 11.6 Å². The molecule has 0 bridgehead atoms. The molecule has 33 heavy (non-hydrogen) atoms. The van der Waals surface area contributed by atoms with Crippen molar-refractivity contribution in [2.45, 2.75) is 122 Å². The maximum atomic E-state index is 7.63. The molecular formula is C28H55ClN4. The fourth-order valence-electron chi connectivity index (χ4n) is 3.02. The van der Waals surface area contributed by atoms with Crippen LogP contribution in [0.3, 0.4) is 0 Å². The van der Waals surface area contributed by atoms with Gasteiger partial charge in [0, 0.05) is 11.6 Å². The molecule has 0 aliphatic carbocycles. The van der Waals surface area contributed by atoms with Crippen molar-refractivity contribution in [1.29, 1.82) is 5.41 Å². The number of allylic oxidation sites excluding steroid dienone is 4. The number of halogens is 1. The van der Waals surface area contributed by atoms with Crippen molar-refractivity contribution in [2.24, 2.45) is 5.41 Å². The van der Waals surface area contributed by atoms with Crippen molar-refractivity contribution >= 4 is 23.1 Å². The monoisotopic (exact) mass is 482 g/mol. The molecule has 0 saturated heterocycles. The average molecular weight is 483 g/mol. The molecule has 0 atom stereocenters. The number of aromatic nitrogens is 2. The molecule has 1 heterocycles. The zero-order valence-electron chi connectivity index (χ0n) is 24.5. The first-order chi connectivity index (χ1) is 15.3. The van der Waals surface area contributed by atoms with Crippen LogP contribution in [-0.2, 0) is 0 Å². The Morgan fingerprint density at radius 2 is 1.48 bits per heavy atom. The summed E-state index contributed by atoms with van der Waals surface area (Å²) in [5.74, 6) is 0.663. The largest absolute Gasteiger partial charge is 0.365 e. The van der Waals surface area contributed by atoms with Crippen LogP contribution in [-0.4, -0.2) is 21.2 Å². The van der Waals surface area contributed by atoms with Crippen LogP contribution in [0.4, 0.5) is 5.82 Å². The highest BCUT2D eigenvalue weighted by Crippen LogP contribution is 2.29. The highest BCUT2D eigenvalue weighted by molar-refractivity contribution is 6.28. The van der Waals surface area contributed by atoms with Gasteiger partial charge in [-0.1, -0.05) is 93.0 Å². The average Bonchev–Trinajstić information content (AvgIpc) is 2.74. The molecule has 4 nitrogen and oxygen atoms in total. The first-order valence-electron chi connectivity index (χ1n) is 12.5. The standard InChI is InChI=1S/C14H23ClN4.C8H14.3C2H6/c1-9(16)10-7-11(18-12(15)17-10)19-14(5,6)8-13(2,3)4;1-4-7-8(5-2)6-3;3*1-2/h7,16H,8H2,1-6H3,(H,17,18,19);4-5,7H,6H2,1-3H3;3*1-2H3/b;7-4-,8-5-;;;. The van der Waals surface area contributed by atoms with Crippen LogP contribution in [0.2, 0.25) is 5.28 Å². The number of nitrogens with zero attached hydrogens (tertiary/aromatic N) is 2. The van der Waals surface area contributed by atoms with Gasteiger partial charge in [0.15, 0.2) is 0 Å². The maximum absolute atomic E-state index is 7.63. The topological polar surface area (TPSA) is 61.7 Å². The molecule has 5 heteroatoms. The van der Waals surface area contributed by atoms with Crippen LogP contribution in [0, 0.1) is 10.8 Å². The maximum Gasteiger partial charge on any atom is 0.224 e. The minimum Gasteiger partial charge on any atom is -0.365 e. The van der Waals surface area contributed by atoms with Gasteiger partial charge in [0.2, 0.25) is 5.28 Å². The molecule has 1 aromatic heterocycles. The van der Waals surface area contributed by atoms with E-state index in [1.54, 1.807) is 13.0 Å². The molecule has 0 fully saturated rings. The molecule has 0 amide bonds. The summed E-state index contributed by atoms with van der Waals surface area (Å²) in [7, 11) is 0. The lowest BCUT2D eigenvalue weighted by Gasteiger charge is -2.33. The minimum atomic E-state index is -0.108. The zero-order chi connectivity index (χ0) is 27.3. The molecule has 2 N–H and O–H groups in total. The first kappa shape index (κ1) is 38.6. The van der Waals surface area contributed by atoms with Gasteiger partial charge in [-0.15, -0.1) is 0 Å². The van der Waals surface area contributed by atoms with Crippen LogP contribution in [0.15, 0.2) is 29.9 Å². The van der Waals surface area contributed by atoms with Crippen molar-refractivity contribution in [1.82, 2.24) is 9.97 Å². The number of hydrogen-bond donors (Lipinski definition) is 2. The van der Waals surface area contributed by atoms with Crippen LogP contribution in [0.1, 0.15) is 122 Å². The second-order valence-electron chi connectivity index (χ2n) is 8.50. The predicted octanol–water partition coefficient (Wildman–Crippen LogP) is 10.1. The van der Waals surface area contributed by atoms with E-state index in [-0.39, 0.29) is 16.2 Å². The molecule has 0 aromatic carbocycles. The summed E-state index contributed by atoms with van der Waals surface area (Å²) in [6.07, 6.45) is 8.47. The Morgan fingerprint density at radius 3 is 1.79 bits per heavy atom. The lowest BCUT2D eigenvalue weighted by Crippen LogP contribution is -2.35. The number of hydrogen-bond acceptors (Lipinski definition) is 4. The second-order valence-corrected chi connectivity index (χ2v) is 8.83. The molecule has 0 saturated carbocycles. The molecule has 1 rings (SSSR count). The van der Waals surface area contributed by atoms with Crippen molar-refractivity contribution in [2.75, 3.05) is 5.32 Å². The van der Waals surface area contributed by atoms with Gasteiger partial charge in [0.1, 0.15) is 5.82 Å². The van der Waals surface area contributed by atoms with E-state index < -0.39 is 0 Å². The summed E-state index contributed by atoms with van der Waals surface area (Å²) < 4.78 is 0. The van der Waals surface area contributed by atoms with E-state index in [2.05, 4.69) is 82.0 Å². The van der Waals surface area contributed by atoms with Gasteiger partial charge in [-0.2, -0.15) is 0 Å². The molecule has 0 radical (unpaired) electrons. The quantitative estimate of drug-likeness (QED) is 0.240. The predicted molar refractivity (Wildman–Crippen MR) is 154 cm³/mol. The highest BCUT2D eigenvalue weighted by Gasteiger charge is 2.25. The fraction of sp³-hybridized carbons (Fsp3) is 0.679. The summed E-state index contributed by atoms with van der Waals surface area (Å²) in [5, 5.41) is 11.2. The Bertz CT molecular complexity index is 666. The summed E-state index contributed by atoms with van der Waals surface area (Å²) in [4.78, 5) is 8.21. The van der Waals surface area contributed by atoms with Crippen molar-refractivity contribution in [3.05, 3.63) is 40.8 Å².